The van der Waals surface area contributed by atoms with Crippen molar-refractivity contribution in [2.24, 2.45) is 0 Å². The number of sulfonamides is 1. The minimum atomic E-state index is -3.86. The average Bonchev–Trinajstić information content (AvgIpc) is 2.44. The lowest BCUT2D eigenvalue weighted by atomic mass is 10.3. The first-order valence-corrected chi connectivity index (χ1v) is 8.73. The molecule has 0 aliphatic heterocycles. The van der Waals surface area contributed by atoms with Crippen molar-refractivity contribution in [3.63, 3.8) is 0 Å². The zero-order valence-corrected chi connectivity index (χ0v) is 14.5. The molecule has 0 aliphatic rings. The number of carbonyl (C=O) groups excluding carboxylic acids is 1. The lowest BCUT2D eigenvalue weighted by Gasteiger charge is -2.16. The number of hydrogen-bond donors (Lipinski definition) is 2. The topological polar surface area (TPSA) is 84.5 Å². The fourth-order valence-electron chi connectivity index (χ4n) is 1.61. The van der Waals surface area contributed by atoms with Crippen LogP contribution in [-0.4, -0.2) is 34.0 Å². The number of hydrogen-bond acceptors (Lipinski definition) is 4. The summed E-state index contributed by atoms with van der Waals surface area (Å²) in [5.74, 6) is -0.152. The van der Waals surface area contributed by atoms with Crippen molar-refractivity contribution in [3.05, 3.63) is 22.7 Å². The number of halogens is 1. The van der Waals surface area contributed by atoms with Crippen molar-refractivity contribution >= 4 is 31.9 Å². The van der Waals surface area contributed by atoms with E-state index in [-0.39, 0.29) is 16.6 Å². The summed E-state index contributed by atoms with van der Waals surface area (Å²) in [5.41, 5.74) is 0. The Kier molecular flexibility index (Phi) is 6.63. The molecular formula is C13H19BrN2O4S. The molecule has 2 N–H and O–H groups in total. The Morgan fingerprint density at radius 2 is 2.10 bits per heavy atom. The number of methoxy groups -OCH3 is 1. The molecule has 6 nitrogen and oxygen atoms in total. The second kappa shape index (κ2) is 7.77. The molecule has 0 unspecified atom stereocenters. The zero-order chi connectivity index (χ0) is 16.0. The van der Waals surface area contributed by atoms with Crippen molar-refractivity contribution in [3.8, 4) is 5.75 Å². The summed E-state index contributed by atoms with van der Waals surface area (Å²) in [7, 11) is -2.47. The van der Waals surface area contributed by atoms with E-state index in [1.54, 1.807) is 12.1 Å². The first-order chi connectivity index (χ1) is 9.81. The molecule has 1 amide bonds. The Bertz CT molecular complexity index is 604. The quantitative estimate of drug-likeness (QED) is 0.755. The second-order valence-electron chi connectivity index (χ2n) is 4.43. The summed E-state index contributed by atoms with van der Waals surface area (Å²) in [6.07, 6.45) is 0.782. The summed E-state index contributed by atoms with van der Waals surface area (Å²) >= 11 is 3.22. The Balaban J connectivity index is 2.96. The monoisotopic (exact) mass is 378 g/mol. The van der Waals surface area contributed by atoms with Crippen LogP contribution in [0.15, 0.2) is 27.6 Å². The van der Waals surface area contributed by atoms with Crippen molar-refractivity contribution in [1.82, 2.24) is 10.0 Å². The highest BCUT2D eigenvalue weighted by molar-refractivity contribution is 9.10. The third kappa shape index (κ3) is 4.98. The predicted octanol–water partition coefficient (Wildman–Crippen LogP) is 1.65. The molecule has 1 atom stereocenters. The molecule has 8 heteroatoms. The van der Waals surface area contributed by atoms with E-state index in [0.29, 0.717) is 11.0 Å². The molecular weight excluding hydrogens is 360 g/mol. The van der Waals surface area contributed by atoms with Gasteiger partial charge >= 0.3 is 0 Å². The van der Waals surface area contributed by atoms with Gasteiger partial charge in [0.15, 0.2) is 0 Å². The van der Waals surface area contributed by atoms with Crippen LogP contribution in [0.3, 0.4) is 0 Å². The fourth-order valence-corrected chi connectivity index (χ4v) is 3.52. The van der Waals surface area contributed by atoms with Crippen molar-refractivity contribution in [2.45, 2.75) is 31.2 Å². The minimum Gasteiger partial charge on any atom is -0.495 e. The smallest absolute Gasteiger partial charge is 0.245 e. The van der Waals surface area contributed by atoms with Gasteiger partial charge in [0.2, 0.25) is 15.9 Å². The van der Waals surface area contributed by atoms with E-state index in [4.69, 9.17) is 4.74 Å². The molecule has 0 bridgehead atoms. The maximum absolute atomic E-state index is 12.4. The molecule has 0 aliphatic carbocycles. The molecule has 1 aromatic carbocycles. The number of carbonyl (C=O) groups is 1. The number of ether oxygens (including phenoxy) is 1. The number of rotatable bonds is 7. The Morgan fingerprint density at radius 3 is 2.67 bits per heavy atom. The molecule has 1 aromatic rings. The fraction of sp³-hybridized carbons (Fsp3) is 0.462. The minimum absolute atomic E-state index is 0.0190. The molecule has 0 radical (unpaired) electrons. The van der Waals surface area contributed by atoms with E-state index in [2.05, 4.69) is 26.0 Å². The highest BCUT2D eigenvalue weighted by atomic mass is 79.9. The van der Waals surface area contributed by atoms with Crippen LogP contribution in [0.2, 0.25) is 0 Å². The highest BCUT2D eigenvalue weighted by Crippen LogP contribution is 2.27. The molecule has 0 saturated heterocycles. The van der Waals surface area contributed by atoms with Gasteiger partial charge in [-0.05, 0) is 31.5 Å². The molecule has 0 spiro atoms. The normalized spacial score (nSPS) is 12.8. The number of benzene rings is 1. The SMILES string of the molecule is CCCNC(=O)[C@H](C)NS(=O)(=O)c1cc(Br)ccc1OC. The van der Waals surface area contributed by atoms with Gasteiger partial charge in [-0.25, -0.2) is 8.42 Å². The Labute approximate surface area is 133 Å². The Hall–Kier alpha value is -1.12. The van der Waals surface area contributed by atoms with E-state index < -0.39 is 16.1 Å². The van der Waals surface area contributed by atoms with E-state index in [9.17, 15) is 13.2 Å². The number of nitrogens with one attached hydrogen (secondary N) is 2. The standard InChI is InChI=1S/C13H19BrN2O4S/c1-4-7-15-13(17)9(2)16-21(18,19)12-8-10(14)5-6-11(12)20-3/h5-6,8-9,16H,4,7H2,1-3H3,(H,15,17)/t9-/m0/s1. The Morgan fingerprint density at radius 1 is 1.43 bits per heavy atom. The van der Waals surface area contributed by atoms with Crippen LogP contribution in [0.4, 0.5) is 0 Å². The van der Waals surface area contributed by atoms with Gasteiger partial charge in [0.25, 0.3) is 0 Å². The van der Waals surface area contributed by atoms with E-state index in [1.807, 2.05) is 6.92 Å². The maximum atomic E-state index is 12.4. The van der Waals surface area contributed by atoms with Crippen LogP contribution in [0.25, 0.3) is 0 Å². The van der Waals surface area contributed by atoms with Crippen molar-refractivity contribution in [2.75, 3.05) is 13.7 Å². The van der Waals surface area contributed by atoms with E-state index in [1.165, 1.54) is 20.1 Å². The van der Waals surface area contributed by atoms with Gasteiger partial charge < -0.3 is 10.1 Å². The van der Waals surface area contributed by atoms with Crippen LogP contribution in [-0.2, 0) is 14.8 Å². The van der Waals surface area contributed by atoms with Crippen LogP contribution in [0, 0.1) is 0 Å². The third-order valence-electron chi connectivity index (χ3n) is 2.69. The van der Waals surface area contributed by atoms with Crippen LogP contribution in [0.1, 0.15) is 20.3 Å². The molecule has 118 valence electrons. The van der Waals surface area contributed by atoms with Gasteiger partial charge in [0, 0.05) is 11.0 Å². The number of amides is 1. The first-order valence-electron chi connectivity index (χ1n) is 6.45. The summed E-state index contributed by atoms with van der Waals surface area (Å²) in [5, 5.41) is 2.64. The van der Waals surface area contributed by atoms with Gasteiger partial charge in [-0.15, -0.1) is 0 Å². The summed E-state index contributed by atoms with van der Waals surface area (Å²) in [4.78, 5) is 11.7. The maximum Gasteiger partial charge on any atom is 0.245 e. The van der Waals surface area contributed by atoms with Gasteiger partial charge in [-0.1, -0.05) is 22.9 Å². The molecule has 0 aromatic heterocycles. The van der Waals surface area contributed by atoms with Gasteiger partial charge in [0.05, 0.1) is 13.2 Å². The molecule has 0 heterocycles. The zero-order valence-electron chi connectivity index (χ0n) is 12.1. The van der Waals surface area contributed by atoms with Gasteiger partial charge in [0.1, 0.15) is 10.6 Å². The van der Waals surface area contributed by atoms with Crippen molar-refractivity contribution in [1.29, 1.82) is 0 Å². The predicted molar refractivity (Wildman–Crippen MR) is 83.8 cm³/mol. The third-order valence-corrected chi connectivity index (χ3v) is 4.74. The van der Waals surface area contributed by atoms with Crippen LogP contribution < -0.4 is 14.8 Å². The summed E-state index contributed by atoms with van der Waals surface area (Å²) in [6.45, 7) is 3.92. The molecule has 21 heavy (non-hydrogen) atoms. The van der Waals surface area contributed by atoms with Crippen LogP contribution in [0.5, 0.6) is 5.75 Å². The molecule has 0 fully saturated rings. The van der Waals surface area contributed by atoms with E-state index >= 15 is 0 Å². The lowest BCUT2D eigenvalue weighted by Crippen LogP contribution is -2.44. The van der Waals surface area contributed by atoms with Crippen LogP contribution >= 0.6 is 15.9 Å². The second-order valence-corrected chi connectivity index (χ2v) is 7.03. The first kappa shape index (κ1) is 17.9. The average molecular weight is 379 g/mol. The molecule has 1 rings (SSSR count). The largest absolute Gasteiger partial charge is 0.495 e. The highest BCUT2D eigenvalue weighted by Gasteiger charge is 2.25. The van der Waals surface area contributed by atoms with Gasteiger partial charge in [-0.3, -0.25) is 4.79 Å². The van der Waals surface area contributed by atoms with E-state index in [0.717, 1.165) is 6.42 Å². The summed E-state index contributed by atoms with van der Waals surface area (Å²) < 4.78 is 32.7. The molecule has 0 saturated carbocycles. The summed E-state index contributed by atoms with van der Waals surface area (Å²) in [6, 6.07) is 3.78. The van der Waals surface area contributed by atoms with Crippen molar-refractivity contribution < 1.29 is 17.9 Å². The lowest BCUT2D eigenvalue weighted by molar-refractivity contribution is -0.122. The van der Waals surface area contributed by atoms with Gasteiger partial charge in [-0.2, -0.15) is 4.72 Å².